The number of hydrogen-bond acceptors (Lipinski definition) is 2. The monoisotopic (exact) mass is 190 g/mol. The standard InChI is InChI=1S/C12H18N2/c1-10(2)12-6-5-11(9-13-12)14-7-3-4-8-14/h5-6,9-10H,3-4,7-8H2,1-2H3. The minimum absolute atomic E-state index is 0.530. The van der Waals surface area contributed by atoms with Crippen molar-refractivity contribution >= 4 is 5.69 Å². The average Bonchev–Trinajstić information content (AvgIpc) is 2.71. The molecule has 1 aliphatic rings. The molecule has 0 N–H and O–H groups in total. The summed E-state index contributed by atoms with van der Waals surface area (Å²) >= 11 is 0. The number of nitrogens with zero attached hydrogens (tertiary/aromatic N) is 2. The summed E-state index contributed by atoms with van der Waals surface area (Å²) in [6.45, 7) is 6.75. The van der Waals surface area contributed by atoms with Gasteiger partial charge in [0, 0.05) is 18.8 Å². The van der Waals surface area contributed by atoms with Crippen LogP contribution in [0.2, 0.25) is 0 Å². The third-order valence-electron chi connectivity index (χ3n) is 2.83. The van der Waals surface area contributed by atoms with Crippen LogP contribution in [0.4, 0.5) is 5.69 Å². The Hall–Kier alpha value is -1.05. The van der Waals surface area contributed by atoms with Gasteiger partial charge in [-0.3, -0.25) is 4.98 Å². The van der Waals surface area contributed by atoms with Gasteiger partial charge in [-0.2, -0.15) is 0 Å². The quantitative estimate of drug-likeness (QED) is 0.713. The lowest BCUT2D eigenvalue weighted by atomic mass is 10.1. The van der Waals surface area contributed by atoms with Gasteiger partial charge in [0.2, 0.25) is 0 Å². The summed E-state index contributed by atoms with van der Waals surface area (Å²) in [7, 11) is 0. The molecule has 0 radical (unpaired) electrons. The van der Waals surface area contributed by atoms with Gasteiger partial charge in [-0.05, 0) is 30.9 Å². The van der Waals surface area contributed by atoms with E-state index in [1.54, 1.807) is 0 Å². The highest BCUT2D eigenvalue weighted by Gasteiger charge is 2.12. The van der Waals surface area contributed by atoms with Gasteiger partial charge in [-0.1, -0.05) is 13.8 Å². The third kappa shape index (κ3) is 1.89. The second-order valence-electron chi connectivity index (χ2n) is 4.29. The molecule has 2 rings (SSSR count). The number of rotatable bonds is 2. The molecule has 0 saturated carbocycles. The molecule has 0 amide bonds. The fourth-order valence-electron chi connectivity index (χ4n) is 1.90. The Morgan fingerprint density at radius 3 is 2.43 bits per heavy atom. The topological polar surface area (TPSA) is 16.1 Å². The second-order valence-corrected chi connectivity index (χ2v) is 4.29. The first-order valence-corrected chi connectivity index (χ1v) is 5.48. The van der Waals surface area contributed by atoms with E-state index in [2.05, 4.69) is 35.9 Å². The summed E-state index contributed by atoms with van der Waals surface area (Å²) in [5, 5.41) is 0. The molecule has 0 spiro atoms. The zero-order valence-electron chi connectivity index (χ0n) is 9.03. The highest BCUT2D eigenvalue weighted by atomic mass is 15.1. The van der Waals surface area contributed by atoms with Crippen molar-refractivity contribution in [1.82, 2.24) is 4.98 Å². The number of aromatic nitrogens is 1. The molecule has 1 aromatic heterocycles. The molecule has 2 heterocycles. The molecular weight excluding hydrogens is 172 g/mol. The van der Waals surface area contributed by atoms with Gasteiger partial charge in [0.1, 0.15) is 0 Å². The van der Waals surface area contributed by atoms with Gasteiger partial charge >= 0.3 is 0 Å². The first kappa shape index (κ1) is 9.50. The van der Waals surface area contributed by atoms with Crippen LogP contribution < -0.4 is 4.90 Å². The highest BCUT2D eigenvalue weighted by molar-refractivity contribution is 5.45. The molecule has 0 aromatic carbocycles. The van der Waals surface area contributed by atoms with E-state index < -0.39 is 0 Å². The Morgan fingerprint density at radius 1 is 1.21 bits per heavy atom. The first-order valence-electron chi connectivity index (χ1n) is 5.48. The van der Waals surface area contributed by atoms with Crippen molar-refractivity contribution in [1.29, 1.82) is 0 Å². The Balaban J connectivity index is 2.12. The highest BCUT2D eigenvalue weighted by Crippen LogP contribution is 2.20. The minimum atomic E-state index is 0.530. The Labute approximate surface area is 86.0 Å². The maximum Gasteiger partial charge on any atom is 0.0552 e. The Kier molecular flexibility index (Phi) is 2.71. The number of anilines is 1. The van der Waals surface area contributed by atoms with Crippen LogP contribution in [0.15, 0.2) is 18.3 Å². The lowest BCUT2D eigenvalue weighted by Crippen LogP contribution is -2.17. The van der Waals surface area contributed by atoms with E-state index in [-0.39, 0.29) is 0 Å². The Morgan fingerprint density at radius 2 is 1.93 bits per heavy atom. The van der Waals surface area contributed by atoms with E-state index in [0.29, 0.717) is 5.92 Å². The van der Waals surface area contributed by atoms with E-state index in [4.69, 9.17) is 0 Å². The van der Waals surface area contributed by atoms with Crippen LogP contribution >= 0.6 is 0 Å². The Bertz CT molecular complexity index is 284. The molecule has 0 atom stereocenters. The fourth-order valence-corrected chi connectivity index (χ4v) is 1.90. The van der Waals surface area contributed by atoms with Gasteiger partial charge in [0.05, 0.1) is 11.9 Å². The van der Waals surface area contributed by atoms with Crippen molar-refractivity contribution < 1.29 is 0 Å². The number of hydrogen-bond donors (Lipinski definition) is 0. The first-order chi connectivity index (χ1) is 6.77. The molecule has 0 unspecified atom stereocenters. The van der Waals surface area contributed by atoms with E-state index in [1.807, 2.05) is 6.20 Å². The minimum Gasteiger partial charge on any atom is -0.370 e. The predicted octanol–water partition coefficient (Wildman–Crippen LogP) is 2.81. The van der Waals surface area contributed by atoms with Crippen molar-refractivity contribution in [3.8, 4) is 0 Å². The van der Waals surface area contributed by atoms with Crippen molar-refractivity contribution in [2.45, 2.75) is 32.6 Å². The average molecular weight is 190 g/mol. The van der Waals surface area contributed by atoms with Gasteiger partial charge in [0.15, 0.2) is 0 Å². The molecule has 2 nitrogen and oxygen atoms in total. The smallest absolute Gasteiger partial charge is 0.0552 e. The zero-order valence-corrected chi connectivity index (χ0v) is 9.03. The predicted molar refractivity (Wildman–Crippen MR) is 59.8 cm³/mol. The van der Waals surface area contributed by atoms with E-state index in [9.17, 15) is 0 Å². The van der Waals surface area contributed by atoms with Crippen molar-refractivity contribution in [3.63, 3.8) is 0 Å². The molecule has 2 heteroatoms. The van der Waals surface area contributed by atoms with Gasteiger partial charge in [0.25, 0.3) is 0 Å². The lowest BCUT2D eigenvalue weighted by Gasteiger charge is -2.17. The summed E-state index contributed by atoms with van der Waals surface area (Å²) < 4.78 is 0. The van der Waals surface area contributed by atoms with Gasteiger partial charge in [-0.25, -0.2) is 0 Å². The molecule has 0 bridgehead atoms. The maximum absolute atomic E-state index is 4.48. The summed E-state index contributed by atoms with van der Waals surface area (Å²) in [5.74, 6) is 0.530. The van der Waals surface area contributed by atoms with E-state index in [1.165, 1.54) is 37.3 Å². The fraction of sp³-hybridized carbons (Fsp3) is 0.583. The molecule has 1 aromatic rings. The van der Waals surface area contributed by atoms with Crippen LogP contribution in [0, 0.1) is 0 Å². The third-order valence-corrected chi connectivity index (χ3v) is 2.83. The molecule has 76 valence electrons. The second kappa shape index (κ2) is 3.99. The van der Waals surface area contributed by atoms with Crippen molar-refractivity contribution in [2.75, 3.05) is 18.0 Å². The van der Waals surface area contributed by atoms with Crippen molar-refractivity contribution in [3.05, 3.63) is 24.0 Å². The van der Waals surface area contributed by atoms with Crippen molar-refractivity contribution in [2.24, 2.45) is 0 Å². The number of pyridine rings is 1. The van der Waals surface area contributed by atoms with Crippen LogP contribution in [0.1, 0.15) is 38.3 Å². The molecule has 1 aliphatic heterocycles. The van der Waals surface area contributed by atoms with Gasteiger partial charge < -0.3 is 4.90 Å². The summed E-state index contributed by atoms with van der Waals surface area (Å²) in [6, 6.07) is 4.35. The molecule has 0 aliphatic carbocycles. The summed E-state index contributed by atoms with van der Waals surface area (Å²) in [4.78, 5) is 6.89. The largest absolute Gasteiger partial charge is 0.370 e. The van der Waals surface area contributed by atoms with Crippen LogP contribution in [0.25, 0.3) is 0 Å². The van der Waals surface area contributed by atoms with Crippen LogP contribution in [-0.4, -0.2) is 18.1 Å². The van der Waals surface area contributed by atoms with Crippen LogP contribution in [0.5, 0.6) is 0 Å². The normalized spacial score (nSPS) is 16.6. The van der Waals surface area contributed by atoms with Gasteiger partial charge in [-0.15, -0.1) is 0 Å². The molecule has 1 saturated heterocycles. The zero-order chi connectivity index (χ0) is 9.97. The van der Waals surface area contributed by atoms with E-state index in [0.717, 1.165) is 0 Å². The van der Waals surface area contributed by atoms with Crippen LogP contribution in [0.3, 0.4) is 0 Å². The molecule has 1 fully saturated rings. The molecule has 14 heavy (non-hydrogen) atoms. The summed E-state index contributed by atoms with van der Waals surface area (Å²) in [5.41, 5.74) is 2.47. The summed E-state index contributed by atoms with van der Waals surface area (Å²) in [6.07, 6.45) is 4.67. The maximum atomic E-state index is 4.48. The van der Waals surface area contributed by atoms with Crippen LogP contribution in [-0.2, 0) is 0 Å². The van der Waals surface area contributed by atoms with E-state index >= 15 is 0 Å². The molecular formula is C12H18N2. The lowest BCUT2D eigenvalue weighted by molar-refractivity contribution is 0.819. The SMILES string of the molecule is CC(C)c1ccc(N2CCCC2)cn1.